The summed E-state index contributed by atoms with van der Waals surface area (Å²) in [5.41, 5.74) is 1.52. The molecular weight excluding hydrogens is 394 g/mol. The Balaban J connectivity index is 1.71. The van der Waals surface area contributed by atoms with Gasteiger partial charge in [0.1, 0.15) is 16.5 Å². The average Bonchev–Trinajstić information content (AvgIpc) is 2.77. The number of hydrogen-bond acceptors (Lipinski definition) is 8. The molecule has 0 radical (unpaired) electrons. The monoisotopic (exact) mass is 411 g/mol. The van der Waals surface area contributed by atoms with Crippen molar-refractivity contribution in [1.29, 1.82) is 0 Å². The third kappa shape index (κ3) is 4.88. The number of Topliss-reactive ketones (excluding diaryl/α,β-unsaturated/α-hetero) is 1. The van der Waals surface area contributed by atoms with Crippen LogP contribution in [0.3, 0.4) is 0 Å². The van der Waals surface area contributed by atoms with Crippen molar-refractivity contribution in [2.24, 2.45) is 0 Å². The maximum atomic E-state index is 12.3. The number of aromatic nitrogens is 2. The van der Waals surface area contributed by atoms with Gasteiger partial charge < -0.3 is 9.47 Å². The third-order valence-corrected chi connectivity index (χ3v) is 4.97. The van der Waals surface area contributed by atoms with Crippen LogP contribution in [0.15, 0.2) is 59.6 Å². The summed E-state index contributed by atoms with van der Waals surface area (Å²) in [5, 5.41) is 19.8. The standard InChI is InChI=1S/C20H17N3O5S/c1-27-15-6-8-19(28-2)16(11-15)17-7-9-20(22-21-17)29-12-18(24)13-4-3-5-14(10-13)23(25)26/h3-11H,12H2,1-2H3. The van der Waals surface area contributed by atoms with Gasteiger partial charge in [-0.3, -0.25) is 14.9 Å². The summed E-state index contributed by atoms with van der Waals surface area (Å²) in [5.74, 6) is 1.18. The zero-order chi connectivity index (χ0) is 20.8. The Morgan fingerprint density at radius 1 is 1.07 bits per heavy atom. The van der Waals surface area contributed by atoms with Gasteiger partial charge in [-0.25, -0.2) is 0 Å². The first-order chi connectivity index (χ1) is 14.0. The summed E-state index contributed by atoms with van der Waals surface area (Å²) in [4.78, 5) is 22.6. The van der Waals surface area contributed by atoms with Gasteiger partial charge in [0, 0.05) is 23.3 Å². The topological polar surface area (TPSA) is 104 Å². The zero-order valence-electron chi connectivity index (χ0n) is 15.7. The summed E-state index contributed by atoms with van der Waals surface area (Å²) in [7, 11) is 3.15. The van der Waals surface area contributed by atoms with Gasteiger partial charge in [0.25, 0.3) is 5.69 Å². The van der Waals surface area contributed by atoms with Gasteiger partial charge in [0.2, 0.25) is 0 Å². The van der Waals surface area contributed by atoms with Crippen molar-refractivity contribution < 1.29 is 19.2 Å². The molecule has 0 aliphatic carbocycles. The molecule has 0 fully saturated rings. The molecule has 1 aromatic heterocycles. The highest BCUT2D eigenvalue weighted by Crippen LogP contribution is 2.32. The second-order valence-corrected chi connectivity index (χ2v) is 6.84. The van der Waals surface area contributed by atoms with Crippen LogP contribution in [0.25, 0.3) is 11.3 Å². The summed E-state index contributed by atoms with van der Waals surface area (Å²) >= 11 is 1.21. The highest BCUT2D eigenvalue weighted by atomic mass is 32.2. The molecule has 0 aliphatic rings. The molecular formula is C20H17N3O5S. The highest BCUT2D eigenvalue weighted by Gasteiger charge is 2.13. The predicted octanol–water partition coefficient (Wildman–Crippen LogP) is 4.04. The minimum Gasteiger partial charge on any atom is -0.497 e. The number of nitro benzene ring substituents is 1. The normalized spacial score (nSPS) is 10.4. The fourth-order valence-corrected chi connectivity index (χ4v) is 3.28. The van der Waals surface area contributed by atoms with E-state index in [0.717, 1.165) is 5.56 Å². The molecule has 0 N–H and O–H groups in total. The van der Waals surface area contributed by atoms with Crippen LogP contribution in [0.1, 0.15) is 10.4 Å². The van der Waals surface area contributed by atoms with Crippen molar-refractivity contribution in [2.45, 2.75) is 5.03 Å². The molecule has 0 saturated carbocycles. The summed E-state index contributed by atoms with van der Waals surface area (Å²) < 4.78 is 10.6. The Kier molecular flexibility index (Phi) is 6.40. The number of rotatable bonds is 8. The highest BCUT2D eigenvalue weighted by molar-refractivity contribution is 7.99. The fraction of sp³-hybridized carbons (Fsp3) is 0.150. The largest absolute Gasteiger partial charge is 0.497 e. The molecule has 0 atom stereocenters. The van der Waals surface area contributed by atoms with Crippen LogP contribution in [-0.2, 0) is 0 Å². The van der Waals surface area contributed by atoms with Crippen molar-refractivity contribution in [1.82, 2.24) is 10.2 Å². The molecule has 1 heterocycles. The number of carbonyl (C=O) groups excluding carboxylic acids is 1. The summed E-state index contributed by atoms with van der Waals surface area (Å²) in [6.45, 7) is 0. The predicted molar refractivity (Wildman–Crippen MR) is 109 cm³/mol. The van der Waals surface area contributed by atoms with E-state index in [0.29, 0.717) is 22.2 Å². The van der Waals surface area contributed by atoms with Gasteiger partial charge in [0.05, 0.1) is 30.6 Å². The van der Waals surface area contributed by atoms with E-state index < -0.39 is 4.92 Å². The number of carbonyl (C=O) groups is 1. The molecule has 3 aromatic rings. The van der Waals surface area contributed by atoms with Gasteiger partial charge >= 0.3 is 0 Å². The van der Waals surface area contributed by atoms with Crippen LogP contribution in [0.2, 0.25) is 0 Å². The van der Waals surface area contributed by atoms with Crippen LogP contribution in [0.4, 0.5) is 5.69 Å². The van der Waals surface area contributed by atoms with E-state index in [9.17, 15) is 14.9 Å². The van der Waals surface area contributed by atoms with E-state index in [1.807, 2.05) is 6.07 Å². The lowest BCUT2D eigenvalue weighted by Crippen LogP contribution is -2.03. The maximum absolute atomic E-state index is 12.3. The third-order valence-electron chi connectivity index (χ3n) is 4.05. The molecule has 0 saturated heterocycles. The van der Waals surface area contributed by atoms with Crippen molar-refractivity contribution >= 4 is 23.2 Å². The summed E-state index contributed by atoms with van der Waals surface area (Å²) in [6, 6.07) is 14.6. The Bertz CT molecular complexity index is 1040. The van der Waals surface area contributed by atoms with E-state index in [1.165, 1.54) is 30.0 Å². The molecule has 9 heteroatoms. The number of nitro groups is 1. The van der Waals surface area contributed by atoms with Crippen molar-refractivity contribution in [3.05, 3.63) is 70.3 Å². The van der Waals surface area contributed by atoms with Gasteiger partial charge in [-0.15, -0.1) is 10.2 Å². The lowest BCUT2D eigenvalue weighted by molar-refractivity contribution is -0.384. The van der Waals surface area contributed by atoms with E-state index in [-0.39, 0.29) is 22.8 Å². The van der Waals surface area contributed by atoms with Gasteiger partial charge in [-0.05, 0) is 30.3 Å². The molecule has 29 heavy (non-hydrogen) atoms. The molecule has 8 nitrogen and oxygen atoms in total. The Morgan fingerprint density at radius 3 is 2.55 bits per heavy atom. The Labute approximate surface area is 171 Å². The van der Waals surface area contributed by atoms with E-state index in [1.54, 1.807) is 44.6 Å². The van der Waals surface area contributed by atoms with Gasteiger partial charge in [-0.2, -0.15) is 0 Å². The first-order valence-electron chi connectivity index (χ1n) is 8.48. The number of thioether (sulfide) groups is 1. The summed E-state index contributed by atoms with van der Waals surface area (Å²) in [6.07, 6.45) is 0. The molecule has 0 spiro atoms. The van der Waals surface area contributed by atoms with Gasteiger partial charge in [-0.1, -0.05) is 23.9 Å². The van der Waals surface area contributed by atoms with Crippen molar-refractivity contribution in [3.8, 4) is 22.8 Å². The minimum atomic E-state index is -0.527. The first-order valence-corrected chi connectivity index (χ1v) is 9.47. The number of non-ortho nitro benzene ring substituents is 1. The molecule has 0 aliphatic heterocycles. The molecule has 0 bridgehead atoms. The minimum absolute atomic E-state index is 0.0949. The molecule has 2 aromatic carbocycles. The second kappa shape index (κ2) is 9.16. The van der Waals surface area contributed by atoms with Crippen molar-refractivity contribution in [3.63, 3.8) is 0 Å². The number of nitrogens with zero attached hydrogens (tertiary/aromatic N) is 3. The van der Waals surface area contributed by atoms with Crippen LogP contribution < -0.4 is 9.47 Å². The number of hydrogen-bond donors (Lipinski definition) is 0. The number of ketones is 1. The van der Waals surface area contributed by atoms with E-state index in [2.05, 4.69) is 10.2 Å². The van der Waals surface area contributed by atoms with Crippen LogP contribution in [-0.4, -0.2) is 40.9 Å². The van der Waals surface area contributed by atoms with Crippen molar-refractivity contribution in [2.75, 3.05) is 20.0 Å². The molecule has 3 rings (SSSR count). The van der Waals surface area contributed by atoms with Crippen LogP contribution in [0, 0.1) is 10.1 Å². The molecule has 0 amide bonds. The SMILES string of the molecule is COc1ccc(OC)c(-c2ccc(SCC(=O)c3cccc([N+](=O)[O-])c3)nn2)c1. The number of ether oxygens (including phenoxy) is 2. The number of benzene rings is 2. The second-order valence-electron chi connectivity index (χ2n) is 5.84. The fourth-order valence-electron chi connectivity index (χ4n) is 2.57. The maximum Gasteiger partial charge on any atom is 0.270 e. The Morgan fingerprint density at radius 2 is 1.90 bits per heavy atom. The average molecular weight is 411 g/mol. The van der Waals surface area contributed by atoms with Gasteiger partial charge in [0.15, 0.2) is 5.78 Å². The number of methoxy groups -OCH3 is 2. The lowest BCUT2D eigenvalue weighted by atomic mass is 10.1. The van der Waals surface area contributed by atoms with Crippen LogP contribution in [0.5, 0.6) is 11.5 Å². The molecule has 0 unspecified atom stereocenters. The quantitative estimate of drug-likeness (QED) is 0.237. The lowest BCUT2D eigenvalue weighted by Gasteiger charge is -2.09. The smallest absolute Gasteiger partial charge is 0.270 e. The van der Waals surface area contributed by atoms with Crippen LogP contribution >= 0.6 is 11.8 Å². The van der Waals surface area contributed by atoms with E-state index >= 15 is 0 Å². The first kappa shape index (κ1) is 20.3. The molecule has 148 valence electrons. The Hall–Kier alpha value is -3.46. The zero-order valence-corrected chi connectivity index (χ0v) is 16.5. The van der Waals surface area contributed by atoms with E-state index in [4.69, 9.17) is 9.47 Å².